The topological polar surface area (TPSA) is 9.23 Å². The Kier molecular flexibility index (Phi) is 8.23. The highest BCUT2D eigenvalue weighted by Gasteiger charge is 2.41. The van der Waals surface area contributed by atoms with Crippen molar-refractivity contribution in [2.75, 3.05) is 0 Å². The van der Waals surface area contributed by atoms with Gasteiger partial charge in [0.05, 0.1) is 0 Å². The van der Waals surface area contributed by atoms with E-state index in [0.717, 1.165) is 43.4 Å². The molecular formula is C26H23F7O. The van der Waals surface area contributed by atoms with Crippen LogP contribution in [-0.2, 0) is 12.5 Å². The molecule has 0 heterocycles. The molecule has 0 saturated carbocycles. The van der Waals surface area contributed by atoms with Gasteiger partial charge in [0.1, 0.15) is 22.9 Å². The summed E-state index contributed by atoms with van der Waals surface area (Å²) in [5, 5.41) is 0. The summed E-state index contributed by atoms with van der Waals surface area (Å²) in [7, 11) is 0. The van der Waals surface area contributed by atoms with E-state index in [0.29, 0.717) is 5.56 Å². The van der Waals surface area contributed by atoms with Crippen molar-refractivity contribution in [3.05, 3.63) is 88.7 Å². The molecule has 3 aromatic carbocycles. The Morgan fingerprint density at radius 1 is 0.676 bits per heavy atom. The highest BCUT2D eigenvalue weighted by Crippen LogP contribution is 2.37. The molecule has 0 atom stereocenters. The lowest BCUT2D eigenvalue weighted by atomic mass is 9.99. The van der Waals surface area contributed by atoms with Gasteiger partial charge in [-0.2, -0.15) is 8.78 Å². The van der Waals surface area contributed by atoms with Gasteiger partial charge in [-0.15, -0.1) is 0 Å². The zero-order valence-corrected chi connectivity index (χ0v) is 18.4. The van der Waals surface area contributed by atoms with E-state index in [1.807, 2.05) is 12.1 Å². The summed E-state index contributed by atoms with van der Waals surface area (Å²) < 4.78 is 102. The number of rotatable bonds is 10. The second kappa shape index (κ2) is 10.9. The molecular weight excluding hydrogens is 461 g/mol. The number of hydrogen-bond acceptors (Lipinski definition) is 1. The Morgan fingerprint density at radius 3 is 1.79 bits per heavy atom. The Labute approximate surface area is 193 Å². The molecule has 0 amide bonds. The van der Waals surface area contributed by atoms with Crippen LogP contribution in [0, 0.1) is 29.1 Å². The molecule has 34 heavy (non-hydrogen) atoms. The molecule has 0 fully saturated rings. The molecule has 3 aromatic rings. The molecule has 182 valence electrons. The molecule has 0 N–H and O–H groups in total. The summed E-state index contributed by atoms with van der Waals surface area (Å²) in [6, 6.07) is 8.68. The van der Waals surface area contributed by atoms with Crippen molar-refractivity contribution < 1.29 is 35.5 Å². The summed E-state index contributed by atoms with van der Waals surface area (Å²) in [5.41, 5.74) is -0.226. The molecule has 0 aliphatic rings. The fourth-order valence-electron chi connectivity index (χ4n) is 3.60. The highest BCUT2D eigenvalue weighted by molar-refractivity contribution is 5.64. The smallest absolute Gasteiger partial charge is 0.429 e. The van der Waals surface area contributed by atoms with E-state index in [-0.39, 0.29) is 17.7 Å². The number of unbranched alkanes of at least 4 members (excludes halogenated alkanes) is 4. The second-order valence-electron chi connectivity index (χ2n) is 8.00. The predicted octanol–water partition coefficient (Wildman–Crippen LogP) is 8.69. The Hall–Kier alpha value is -3.03. The second-order valence-corrected chi connectivity index (χ2v) is 8.00. The molecule has 0 aromatic heterocycles. The van der Waals surface area contributed by atoms with Crippen LogP contribution < -0.4 is 4.74 Å². The Morgan fingerprint density at radius 2 is 1.24 bits per heavy atom. The van der Waals surface area contributed by atoms with Gasteiger partial charge in [0, 0.05) is 12.1 Å². The minimum atomic E-state index is -4.62. The average molecular weight is 484 g/mol. The number of benzene rings is 3. The third-order valence-electron chi connectivity index (χ3n) is 5.39. The van der Waals surface area contributed by atoms with Gasteiger partial charge in [0.15, 0.2) is 17.5 Å². The zero-order chi connectivity index (χ0) is 24.9. The van der Waals surface area contributed by atoms with Crippen molar-refractivity contribution in [3.63, 3.8) is 0 Å². The van der Waals surface area contributed by atoms with Gasteiger partial charge in [-0.05, 0) is 41.7 Å². The summed E-state index contributed by atoms with van der Waals surface area (Å²) in [4.78, 5) is 0. The van der Waals surface area contributed by atoms with Crippen LogP contribution in [0.25, 0.3) is 11.1 Å². The summed E-state index contributed by atoms with van der Waals surface area (Å²) in [6.45, 7) is 2.14. The molecule has 0 bridgehead atoms. The van der Waals surface area contributed by atoms with E-state index in [1.165, 1.54) is 12.8 Å². The van der Waals surface area contributed by atoms with Crippen LogP contribution in [-0.4, -0.2) is 0 Å². The van der Waals surface area contributed by atoms with E-state index < -0.39 is 46.5 Å². The highest BCUT2D eigenvalue weighted by atomic mass is 19.3. The standard InChI is InChI=1S/C26H23F7O/c1-2-3-4-5-6-7-16-8-10-17(11-9-16)18-12-20(27)24(21(28)13-18)26(32,33)34-19-14-22(29)25(31)23(30)15-19/h8-15H,2-7H2,1H3. The molecule has 0 aliphatic carbocycles. The number of ether oxygens (including phenoxy) is 1. The van der Waals surface area contributed by atoms with Crippen molar-refractivity contribution in [2.45, 2.75) is 51.6 Å². The van der Waals surface area contributed by atoms with Crippen LogP contribution in [0.2, 0.25) is 0 Å². The van der Waals surface area contributed by atoms with E-state index in [1.54, 1.807) is 12.1 Å². The van der Waals surface area contributed by atoms with Crippen LogP contribution in [0.1, 0.15) is 50.2 Å². The molecule has 0 radical (unpaired) electrons. The lowest BCUT2D eigenvalue weighted by Gasteiger charge is -2.20. The molecule has 1 nitrogen and oxygen atoms in total. The van der Waals surface area contributed by atoms with Crippen LogP contribution in [0.3, 0.4) is 0 Å². The molecule has 3 rings (SSSR count). The van der Waals surface area contributed by atoms with Gasteiger partial charge in [0.2, 0.25) is 0 Å². The molecule has 0 saturated heterocycles. The number of halogens is 7. The van der Waals surface area contributed by atoms with Crippen LogP contribution >= 0.6 is 0 Å². The molecule has 0 aliphatic heterocycles. The van der Waals surface area contributed by atoms with E-state index in [2.05, 4.69) is 11.7 Å². The largest absolute Gasteiger partial charge is 0.432 e. The van der Waals surface area contributed by atoms with Crippen molar-refractivity contribution in [2.24, 2.45) is 0 Å². The number of hydrogen-bond donors (Lipinski definition) is 0. The van der Waals surface area contributed by atoms with Crippen molar-refractivity contribution in [1.29, 1.82) is 0 Å². The average Bonchev–Trinajstić information content (AvgIpc) is 2.76. The lowest BCUT2D eigenvalue weighted by molar-refractivity contribution is -0.189. The monoisotopic (exact) mass is 484 g/mol. The maximum Gasteiger partial charge on any atom is 0.432 e. The third kappa shape index (κ3) is 6.10. The summed E-state index contributed by atoms with van der Waals surface area (Å²) >= 11 is 0. The zero-order valence-electron chi connectivity index (χ0n) is 18.4. The summed E-state index contributed by atoms with van der Waals surface area (Å²) in [6.07, 6.45) is 1.88. The van der Waals surface area contributed by atoms with E-state index >= 15 is 0 Å². The van der Waals surface area contributed by atoms with Crippen LogP contribution in [0.5, 0.6) is 5.75 Å². The van der Waals surface area contributed by atoms with Gasteiger partial charge in [0.25, 0.3) is 0 Å². The lowest BCUT2D eigenvalue weighted by Crippen LogP contribution is -2.25. The minimum Gasteiger partial charge on any atom is -0.429 e. The van der Waals surface area contributed by atoms with Crippen LogP contribution in [0.15, 0.2) is 48.5 Å². The first kappa shape index (κ1) is 25.6. The molecule has 0 spiro atoms. The van der Waals surface area contributed by atoms with Gasteiger partial charge in [-0.25, -0.2) is 22.0 Å². The first-order valence-electron chi connectivity index (χ1n) is 10.9. The van der Waals surface area contributed by atoms with Crippen LogP contribution in [0.4, 0.5) is 30.7 Å². The van der Waals surface area contributed by atoms with Gasteiger partial charge < -0.3 is 4.74 Å². The molecule has 8 heteroatoms. The van der Waals surface area contributed by atoms with Gasteiger partial charge in [-0.1, -0.05) is 56.9 Å². The number of aryl methyl sites for hydroxylation is 1. The maximum absolute atomic E-state index is 14.6. The van der Waals surface area contributed by atoms with E-state index in [4.69, 9.17) is 0 Å². The Balaban J connectivity index is 1.78. The normalized spacial score (nSPS) is 11.6. The van der Waals surface area contributed by atoms with Gasteiger partial charge in [-0.3, -0.25) is 0 Å². The molecule has 0 unspecified atom stereocenters. The van der Waals surface area contributed by atoms with Gasteiger partial charge >= 0.3 is 6.11 Å². The van der Waals surface area contributed by atoms with Crippen molar-refractivity contribution >= 4 is 0 Å². The minimum absolute atomic E-state index is 0.0305. The fourth-order valence-corrected chi connectivity index (χ4v) is 3.60. The Bertz CT molecular complexity index is 1080. The quantitative estimate of drug-likeness (QED) is 0.159. The van der Waals surface area contributed by atoms with E-state index in [9.17, 15) is 30.7 Å². The summed E-state index contributed by atoms with van der Waals surface area (Å²) in [5.74, 6) is -9.81. The third-order valence-corrected chi connectivity index (χ3v) is 5.39. The fraction of sp³-hybridized carbons (Fsp3) is 0.308. The predicted molar refractivity (Wildman–Crippen MR) is 115 cm³/mol. The van der Waals surface area contributed by atoms with Crippen molar-refractivity contribution in [3.8, 4) is 16.9 Å². The van der Waals surface area contributed by atoms with Crippen molar-refractivity contribution in [1.82, 2.24) is 0 Å². The maximum atomic E-state index is 14.6. The first-order valence-corrected chi connectivity index (χ1v) is 10.9. The number of alkyl halides is 2. The first-order chi connectivity index (χ1) is 16.1. The SMILES string of the molecule is CCCCCCCc1ccc(-c2cc(F)c(C(F)(F)Oc3cc(F)c(F)c(F)c3)c(F)c2)cc1.